The maximum absolute atomic E-state index is 11.7. The van der Waals surface area contributed by atoms with Crippen LogP contribution in [0.3, 0.4) is 0 Å². The molecule has 0 aromatic carbocycles. The first-order valence-electron chi connectivity index (χ1n) is 5.94. The van der Waals surface area contributed by atoms with Crippen LogP contribution in [0.1, 0.15) is 25.7 Å². The molecule has 2 aliphatic rings. The van der Waals surface area contributed by atoms with Crippen LogP contribution in [-0.2, 0) is 4.79 Å². The average molecular weight is 212 g/mol. The summed E-state index contributed by atoms with van der Waals surface area (Å²) in [6, 6.07) is 0. The van der Waals surface area contributed by atoms with E-state index in [1.165, 1.54) is 0 Å². The number of rotatable bonds is 4. The summed E-state index contributed by atoms with van der Waals surface area (Å²) in [4.78, 5) is 11.7. The van der Waals surface area contributed by atoms with Gasteiger partial charge in [0.15, 0.2) is 0 Å². The van der Waals surface area contributed by atoms with Crippen molar-refractivity contribution in [3.05, 3.63) is 0 Å². The standard InChI is InChI=1S/C11H20N2O2/c14-10(8-3-4-8)7-13-11(15)9-2-1-5-12-6-9/h8-10,12,14H,1-7H2,(H,13,15)/t9-,10?/m0/s1. The van der Waals surface area contributed by atoms with Gasteiger partial charge in [0, 0.05) is 13.1 Å². The van der Waals surface area contributed by atoms with Gasteiger partial charge in [0.2, 0.25) is 5.91 Å². The Morgan fingerprint density at radius 3 is 2.87 bits per heavy atom. The number of carbonyl (C=O) groups excluding carboxylic acids is 1. The minimum absolute atomic E-state index is 0.0990. The number of aliphatic hydroxyl groups excluding tert-OH is 1. The van der Waals surface area contributed by atoms with Crippen molar-refractivity contribution >= 4 is 5.91 Å². The molecule has 2 atom stereocenters. The number of amides is 1. The van der Waals surface area contributed by atoms with Crippen molar-refractivity contribution in [1.82, 2.24) is 10.6 Å². The molecule has 1 saturated heterocycles. The Morgan fingerprint density at radius 2 is 2.27 bits per heavy atom. The number of hydrogen-bond acceptors (Lipinski definition) is 3. The summed E-state index contributed by atoms with van der Waals surface area (Å²) in [6.45, 7) is 2.24. The van der Waals surface area contributed by atoms with Crippen molar-refractivity contribution in [1.29, 1.82) is 0 Å². The van der Waals surface area contributed by atoms with Crippen LogP contribution in [0.5, 0.6) is 0 Å². The third kappa shape index (κ3) is 3.18. The monoisotopic (exact) mass is 212 g/mol. The van der Waals surface area contributed by atoms with Crippen molar-refractivity contribution < 1.29 is 9.90 Å². The first-order chi connectivity index (χ1) is 7.27. The van der Waals surface area contributed by atoms with E-state index in [0.717, 1.165) is 38.8 Å². The molecular formula is C11H20N2O2. The van der Waals surface area contributed by atoms with E-state index in [0.29, 0.717) is 12.5 Å². The molecule has 1 aliphatic carbocycles. The molecule has 86 valence electrons. The largest absolute Gasteiger partial charge is 0.391 e. The normalized spacial score (nSPS) is 28.5. The fourth-order valence-electron chi connectivity index (χ4n) is 2.07. The molecular weight excluding hydrogens is 192 g/mol. The lowest BCUT2D eigenvalue weighted by atomic mass is 9.99. The average Bonchev–Trinajstić information content (AvgIpc) is 3.10. The van der Waals surface area contributed by atoms with Gasteiger partial charge in [-0.2, -0.15) is 0 Å². The first kappa shape index (κ1) is 10.9. The van der Waals surface area contributed by atoms with Crippen LogP contribution in [0.15, 0.2) is 0 Å². The lowest BCUT2D eigenvalue weighted by molar-refractivity contribution is -0.126. The van der Waals surface area contributed by atoms with Gasteiger partial charge in [0.1, 0.15) is 0 Å². The van der Waals surface area contributed by atoms with E-state index < -0.39 is 0 Å². The molecule has 0 aromatic rings. The topological polar surface area (TPSA) is 61.4 Å². The van der Waals surface area contributed by atoms with Crippen LogP contribution >= 0.6 is 0 Å². The van der Waals surface area contributed by atoms with Crippen LogP contribution in [0.2, 0.25) is 0 Å². The minimum atomic E-state index is -0.328. The highest BCUT2D eigenvalue weighted by Crippen LogP contribution is 2.32. The fourth-order valence-corrected chi connectivity index (χ4v) is 2.07. The molecule has 2 fully saturated rings. The molecule has 0 bridgehead atoms. The van der Waals surface area contributed by atoms with Gasteiger partial charge in [-0.1, -0.05) is 0 Å². The lowest BCUT2D eigenvalue weighted by Gasteiger charge is -2.22. The van der Waals surface area contributed by atoms with Crippen LogP contribution in [0.25, 0.3) is 0 Å². The van der Waals surface area contributed by atoms with Gasteiger partial charge in [0.05, 0.1) is 12.0 Å². The molecule has 0 aromatic heterocycles. The molecule has 1 unspecified atom stereocenters. The third-order valence-electron chi connectivity index (χ3n) is 3.32. The summed E-state index contributed by atoms with van der Waals surface area (Å²) < 4.78 is 0. The highest BCUT2D eigenvalue weighted by molar-refractivity contribution is 5.78. The van der Waals surface area contributed by atoms with Crippen LogP contribution in [0, 0.1) is 11.8 Å². The summed E-state index contributed by atoms with van der Waals surface area (Å²) in [7, 11) is 0. The minimum Gasteiger partial charge on any atom is -0.391 e. The van der Waals surface area contributed by atoms with Gasteiger partial charge in [0.25, 0.3) is 0 Å². The van der Waals surface area contributed by atoms with Crippen LogP contribution in [0.4, 0.5) is 0 Å². The second kappa shape index (κ2) is 4.94. The highest BCUT2D eigenvalue weighted by atomic mass is 16.3. The van der Waals surface area contributed by atoms with E-state index in [9.17, 15) is 9.90 Å². The third-order valence-corrected chi connectivity index (χ3v) is 3.32. The molecule has 1 amide bonds. The van der Waals surface area contributed by atoms with E-state index in [-0.39, 0.29) is 17.9 Å². The van der Waals surface area contributed by atoms with E-state index >= 15 is 0 Å². The van der Waals surface area contributed by atoms with Gasteiger partial charge in [-0.25, -0.2) is 0 Å². The highest BCUT2D eigenvalue weighted by Gasteiger charge is 2.30. The smallest absolute Gasteiger partial charge is 0.224 e. The van der Waals surface area contributed by atoms with Crippen LogP contribution < -0.4 is 10.6 Å². The zero-order chi connectivity index (χ0) is 10.7. The summed E-state index contributed by atoms with van der Waals surface area (Å²) >= 11 is 0. The lowest BCUT2D eigenvalue weighted by Crippen LogP contribution is -2.43. The van der Waals surface area contributed by atoms with Crippen molar-refractivity contribution in [2.75, 3.05) is 19.6 Å². The van der Waals surface area contributed by atoms with Gasteiger partial charge in [-0.3, -0.25) is 4.79 Å². The fraction of sp³-hybridized carbons (Fsp3) is 0.909. The second-order valence-electron chi connectivity index (χ2n) is 4.69. The summed E-state index contributed by atoms with van der Waals surface area (Å²) in [5, 5.41) is 15.7. The Bertz CT molecular complexity index is 223. The summed E-state index contributed by atoms with van der Waals surface area (Å²) in [5.41, 5.74) is 0. The maximum Gasteiger partial charge on any atom is 0.224 e. The summed E-state index contributed by atoms with van der Waals surface area (Å²) in [6.07, 6.45) is 3.94. The first-order valence-corrected chi connectivity index (χ1v) is 5.94. The molecule has 4 heteroatoms. The molecule has 0 radical (unpaired) electrons. The number of hydrogen-bond donors (Lipinski definition) is 3. The molecule has 2 rings (SSSR count). The maximum atomic E-state index is 11.7. The van der Waals surface area contributed by atoms with Gasteiger partial charge < -0.3 is 15.7 Å². The Morgan fingerprint density at radius 1 is 1.47 bits per heavy atom. The molecule has 4 nitrogen and oxygen atoms in total. The number of aliphatic hydroxyl groups is 1. The van der Waals surface area contributed by atoms with E-state index in [1.807, 2.05) is 0 Å². The quantitative estimate of drug-likeness (QED) is 0.608. The molecule has 1 saturated carbocycles. The van der Waals surface area contributed by atoms with E-state index in [2.05, 4.69) is 10.6 Å². The SMILES string of the molecule is O=C(NCC(O)C1CC1)[C@H]1CCCNC1. The zero-order valence-corrected chi connectivity index (χ0v) is 9.04. The van der Waals surface area contributed by atoms with Gasteiger partial charge >= 0.3 is 0 Å². The van der Waals surface area contributed by atoms with Crippen molar-refractivity contribution in [3.8, 4) is 0 Å². The van der Waals surface area contributed by atoms with Gasteiger partial charge in [-0.15, -0.1) is 0 Å². The molecule has 1 aliphatic heterocycles. The molecule has 3 N–H and O–H groups in total. The predicted molar refractivity (Wildman–Crippen MR) is 57.3 cm³/mol. The Balaban J connectivity index is 1.66. The van der Waals surface area contributed by atoms with Crippen LogP contribution in [-0.4, -0.2) is 36.8 Å². The predicted octanol–water partition coefficient (Wildman–Crippen LogP) is -0.127. The number of piperidine rings is 1. The second-order valence-corrected chi connectivity index (χ2v) is 4.69. The zero-order valence-electron chi connectivity index (χ0n) is 9.04. The van der Waals surface area contributed by atoms with E-state index in [4.69, 9.17) is 0 Å². The molecule has 1 heterocycles. The summed E-state index contributed by atoms with van der Waals surface area (Å²) in [5.74, 6) is 0.641. The van der Waals surface area contributed by atoms with Crippen molar-refractivity contribution in [2.45, 2.75) is 31.8 Å². The van der Waals surface area contributed by atoms with E-state index in [1.54, 1.807) is 0 Å². The van der Waals surface area contributed by atoms with Gasteiger partial charge in [-0.05, 0) is 38.1 Å². The Labute approximate surface area is 90.4 Å². The Kier molecular flexibility index (Phi) is 3.59. The van der Waals surface area contributed by atoms with Crippen molar-refractivity contribution in [3.63, 3.8) is 0 Å². The molecule has 0 spiro atoms. The molecule has 15 heavy (non-hydrogen) atoms. The Hall–Kier alpha value is -0.610. The van der Waals surface area contributed by atoms with Crippen molar-refractivity contribution in [2.24, 2.45) is 11.8 Å². The number of nitrogens with one attached hydrogen (secondary N) is 2. The number of carbonyl (C=O) groups is 1.